The van der Waals surface area contributed by atoms with Crippen LogP contribution in [-0.4, -0.2) is 47.8 Å². The number of halogens is 3. The molecule has 6 nitrogen and oxygen atoms in total. The summed E-state index contributed by atoms with van der Waals surface area (Å²) in [5, 5.41) is 6.32. The van der Waals surface area contributed by atoms with E-state index in [4.69, 9.17) is 12.2 Å². The minimum absolute atomic E-state index is 0.0660. The predicted molar refractivity (Wildman–Crippen MR) is 153 cm³/mol. The maximum atomic E-state index is 13.8. The number of para-hydroxylation sites is 1. The second-order valence-electron chi connectivity index (χ2n) is 10.3. The van der Waals surface area contributed by atoms with Crippen LogP contribution in [0.15, 0.2) is 66.7 Å². The van der Waals surface area contributed by atoms with Gasteiger partial charge in [-0.05, 0) is 42.8 Å². The molecule has 206 valence electrons. The summed E-state index contributed by atoms with van der Waals surface area (Å²) in [5.74, 6) is 0.0867. The van der Waals surface area contributed by atoms with Gasteiger partial charge < -0.3 is 20.4 Å². The van der Waals surface area contributed by atoms with Crippen LogP contribution in [0.1, 0.15) is 43.4 Å². The highest BCUT2D eigenvalue weighted by Crippen LogP contribution is 2.39. The Bertz CT molecular complexity index is 1240. The van der Waals surface area contributed by atoms with E-state index >= 15 is 0 Å². The van der Waals surface area contributed by atoms with E-state index in [0.29, 0.717) is 32.7 Å². The third-order valence-corrected chi connectivity index (χ3v) is 7.98. The van der Waals surface area contributed by atoms with Crippen LogP contribution in [-0.2, 0) is 11.6 Å². The average Bonchev–Trinajstić information content (AvgIpc) is 2.97. The molecule has 2 heterocycles. The van der Waals surface area contributed by atoms with Gasteiger partial charge in [0.05, 0.1) is 0 Å². The molecule has 3 aromatic rings. The number of benzene rings is 2. The number of thiocarbonyl (C=S) groups is 1. The topological polar surface area (TPSA) is 56.3 Å². The van der Waals surface area contributed by atoms with Crippen molar-refractivity contribution in [3.8, 4) is 0 Å². The fourth-order valence-corrected chi connectivity index (χ4v) is 5.78. The average molecular weight is 555 g/mol. The van der Waals surface area contributed by atoms with Gasteiger partial charge in [0.2, 0.25) is 5.95 Å². The summed E-state index contributed by atoms with van der Waals surface area (Å²) in [5.41, 5.74) is 1.30. The number of nitrogens with one attached hydrogen (secondary N) is 2. The van der Waals surface area contributed by atoms with E-state index in [1.807, 2.05) is 53.4 Å². The normalized spacial score (nSPS) is 17.5. The van der Waals surface area contributed by atoms with Crippen molar-refractivity contribution in [1.82, 2.24) is 15.3 Å². The smallest absolute Gasteiger partial charge is 0.368 e. The van der Waals surface area contributed by atoms with E-state index in [-0.39, 0.29) is 22.3 Å². The summed E-state index contributed by atoms with van der Waals surface area (Å²) in [4.78, 5) is 12.3. The van der Waals surface area contributed by atoms with Gasteiger partial charge in [0.25, 0.3) is 0 Å². The lowest BCUT2D eigenvalue weighted by Gasteiger charge is -2.38. The second kappa shape index (κ2) is 11.8. The first-order valence-corrected chi connectivity index (χ1v) is 13.8. The molecule has 2 fully saturated rings. The van der Waals surface area contributed by atoms with Crippen molar-refractivity contribution in [2.75, 3.05) is 47.8 Å². The van der Waals surface area contributed by atoms with E-state index in [9.17, 15) is 13.2 Å². The van der Waals surface area contributed by atoms with Crippen LogP contribution in [0.2, 0.25) is 0 Å². The number of hydrogen-bond acceptors (Lipinski definition) is 5. The molecular formula is C29H33F3N6S. The summed E-state index contributed by atoms with van der Waals surface area (Å²) >= 11 is 5.51. The summed E-state index contributed by atoms with van der Waals surface area (Å²) in [7, 11) is 0. The SMILES string of the molecule is FC(F)(F)c1cc(N2CCN(c3ccccc3)CC2)nc(NC(=S)NCC2(c3ccccc3)CCCCC2)n1. The number of aromatic nitrogens is 2. The molecule has 2 N–H and O–H groups in total. The molecule has 0 bridgehead atoms. The summed E-state index contributed by atoms with van der Waals surface area (Å²) in [6, 6.07) is 21.4. The van der Waals surface area contributed by atoms with Crippen molar-refractivity contribution in [2.45, 2.75) is 43.7 Å². The lowest BCUT2D eigenvalue weighted by Crippen LogP contribution is -2.47. The van der Waals surface area contributed by atoms with E-state index in [0.717, 1.165) is 37.4 Å². The zero-order chi connectivity index (χ0) is 27.3. The van der Waals surface area contributed by atoms with Gasteiger partial charge >= 0.3 is 6.18 Å². The number of rotatable bonds is 6. The Balaban J connectivity index is 1.28. The number of hydrogen-bond donors (Lipinski definition) is 2. The molecule has 0 unspecified atom stereocenters. The molecule has 1 aliphatic carbocycles. The van der Waals surface area contributed by atoms with Gasteiger partial charge in [-0.25, -0.2) is 4.98 Å². The van der Waals surface area contributed by atoms with Crippen molar-refractivity contribution in [1.29, 1.82) is 0 Å². The fraction of sp³-hybridized carbons (Fsp3) is 0.414. The van der Waals surface area contributed by atoms with Crippen LogP contribution in [0.25, 0.3) is 0 Å². The van der Waals surface area contributed by atoms with E-state index < -0.39 is 11.9 Å². The molecule has 10 heteroatoms. The molecule has 2 aliphatic rings. The first-order chi connectivity index (χ1) is 18.8. The Hall–Kier alpha value is -3.40. The Morgan fingerprint density at radius 1 is 0.846 bits per heavy atom. The molecule has 2 aromatic carbocycles. The van der Waals surface area contributed by atoms with Crippen molar-refractivity contribution in [3.63, 3.8) is 0 Å². The first kappa shape index (κ1) is 27.2. The van der Waals surface area contributed by atoms with Gasteiger partial charge in [-0.15, -0.1) is 0 Å². The third kappa shape index (κ3) is 6.61. The molecule has 5 rings (SSSR count). The zero-order valence-corrected chi connectivity index (χ0v) is 22.6. The van der Waals surface area contributed by atoms with Gasteiger partial charge in [-0.3, -0.25) is 0 Å². The Kier molecular flexibility index (Phi) is 8.20. The molecule has 1 aromatic heterocycles. The third-order valence-electron chi connectivity index (χ3n) is 7.74. The monoisotopic (exact) mass is 554 g/mol. The molecule has 0 atom stereocenters. The highest BCUT2D eigenvalue weighted by Gasteiger charge is 2.36. The van der Waals surface area contributed by atoms with E-state index in [1.54, 1.807) is 0 Å². The van der Waals surface area contributed by atoms with Gasteiger partial charge in [-0.1, -0.05) is 67.8 Å². The largest absolute Gasteiger partial charge is 0.433 e. The molecule has 39 heavy (non-hydrogen) atoms. The molecule has 0 spiro atoms. The summed E-state index contributed by atoms with van der Waals surface area (Å²) < 4.78 is 41.3. The number of piperazine rings is 1. The lowest BCUT2D eigenvalue weighted by atomic mass is 9.69. The number of anilines is 3. The van der Waals surface area contributed by atoms with Crippen molar-refractivity contribution in [3.05, 3.63) is 78.0 Å². The van der Waals surface area contributed by atoms with Gasteiger partial charge in [-0.2, -0.15) is 18.2 Å². The van der Waals surface area contributed by atoms with Crippen molar-refractivity contribution in [2.24, 2.45) is 0 Å². The highest BCUT2D eigenvalue weighted by atomic mass is 32.1. The quantitative estimate of drug-likeness (QED) is 0.362. The van der Waals surface area contributed by atoms with Crippen LogP contribution in [0, 0.1) is 0 Å². The molecule has 0 amide bonds. The van der Waals surface area contributed by atoms with Crippen LogP contribution >= 0.6 is 12.2 Å². The maximum Gasteiger partial charge on any atom is 0.433 e. The summed E-state index contributed by atoms with van der Waals surface area (Å²) in [6.07, 6.45) is 0.937. The van der Waals surface area contributed by atoms with Gasteiger partial charge in [0, 0.05) is 49.9 Å². The van der Waals surface area contributed by atoms with Crippen LogP contribution in [0.3, 0.4) is 0 Å². The molecule has 1 aliphatic heterocycles. The second-order valence-corrected chi connectivity index (χ2v) is 10.7. The van der Waals surface area contributed by atoms with Crippen LogP contribution in [0.4, 0.5) is 30.6 Å². The standard InChI is InChI=1S/C29H33F3N6S/c30-29(31,32)24-20-25(38-18-16-37(17-19-38)23-12-6-2-7-13-23)35-26(34-24)36-27(39)33-21-28(14-8-3-9-15-28)22-10-4-1-5-11-22/h1-2,4-7,10-13,20H,3,8-9,14-19,21H2,(H2,33,34,35,36,39). The first-order valence-electron chi connectivity index (χ1n) is 13.4. The van der Waals surface area contributed by atoms with Crippen LogP contribution < -0.4 is 20.4 Å². The number of alkyl halides is 3. The van der Waals surface area contributed by atoms with Crippen LogP contribution in [0.5, 0.6) is 0 Å². The lowest BCUT2D eigenvalue weighted by molar-refractivity contribution is -0.141. The van der Waals surface area contributed by atoms with Crippen molar-refractivity contribution >= 4 is 34.8 Å². The van der Waals surface area contributed by atoms with E-state index in [1.165, 1.54) is 12.0 Å². The highest BCUT2D eigenvalue weighted by molar-refractivity contribution is 7.80. The minimum Gasteiger partial charge on any atom is -0.368 e. The minimum atomic E-state index is -4.60. The Morgan fingerprint density at radius 3 is 2.10 bits per heavy atom. The fourth-order valence-electron chi connectivity index (χ4n) is 5.61. The molecule has 1 saturated carbocycles. The summed E-state index contributed by atoms with van der Waals surface area (Å²) in [6.45, 7) is 3.05. The van der Waals surface area contributed by atoms with Crippen molar-refractivity contribution < 1.29 is 13.2 Å². The predicted octanol–water partition coefficient (Wildman–Crippen LogP) is 6.01. The zero-order valence-electron chi connectivity index (χ0n) is 21.8. The maximum absolute atomic E-state index is 13.8. The van der Waals surface area contributed by atoms with E-state index in [2.05, 4.69) is 37.6 Å². The van der Waals surface area contributed by atoms with Gasteiger partial charge in [0.1, 0.15) is 5.82 Å². The molecule has 1 saturated heterocycles. The molecule has 0 radical (unpaired) electrons. The van der Waals surface area contributed by atoms with Gasteiger partial charge in [0.15, 0.2) is 10.8 Å². The number of nitrogens with zero attached hydrogens (tertiary/aromatic N) is 4. The Morgan fingerprint density at radius 2 is 1.46 bits per heavy atom. The molecular weight excluding hydrogens is 521 g/mol. The Labute approximate surface area is 232 Å².